The van der Waals surface area contributed by atoms with Gasteiger partial charge in [-0.2, -0.15) is 0 Å². The first-order valence-electron chi connectivity index (χ1n) is 9.88. The van der Waals surface area contributed by atoms with Crippen LogP contribution < -0.4 is 5.73 Å². The van der Waals surface area contributed by atoms with Crippen molar-refractivity contribution in [3.8, 4) is 0 Å². The van der Waals surface area contributed by atoms with E-state index in [1.807, 2.05) is 0 Å². The van der Waals surface area contributed by atoms with Gasteiger partial charge in [0.25, 0.3) is 0 Å². The maximum absolute atomic E-state index is 12.7. The molecule has 26 heavy (non-hydrogen) atoms. The Morgan fingerprint density at radius 2 is 2.08 bits per heavy atom. The lowest BCUT2D eigenvalue weighted by atomic mass is 9.72. The highest BCUT2D eigenvalue weighted by molar-refractivity contribution is 5.76. The summed E-state index contributed by atoms with van der Waals surface area (Å²) in [7, 11) is 2.08. The van der Waals surface area contributed by atoms with Crippen molar-refractivity contribution in [2.24, 2.45) is 11.3 Å². The zero-order valence-corrected chi connectivity index (χ0v) is 16.4. The molecular weight excluding hydrogens is 326 g/mol. The Hall–Kier alpha value is -1.69. The molecule has 3 rings (SSSR count). The molecule has 0 spiro atoms. The summed E-state index contributed by atoms with van der Waals surface area (Å²) in [5.74, 6) is 2.16. The molecular formula is C20H33N5O. The third-order valence-electron chi connectivity index (χ3n) is 6.18. The fourth-order valence-corrected chi connectivity index (χ4v) is 4.21. The molecule has 0 unspecified atom stereocenters. The average Bonchev–Trinajstić information content (AvgIpc) is 3.07. The summed E-state index contributed by atoms with van der Waals surface area (Å²) in [5, 5.41) is 0. The highest BCUT2D eigenvalue weighted by Crippen LogP contribution is 2.39. The quantitative estimate of drug-likeness (QED) is 0.875. The van der Waals surface area contributed by atoms with Crippen molar-refractivity contribution in [1.29, 1.82) is 0 Å². The molecule has 6 heteroatoms. The predicted octanol–water partition coefficient (Wildman–Crippen LogP) is 2.70. The Balaban J connectivity index is 1.46. The van der Waals surface area contributed by atoms with E-state index in [-0.39, 0.29) is 0 Å². The highest BCUT2D eigenvalue weighted by Gasteiger charge is 2.32. The number of carbonyl (C=O) groups excluding carboxylic acids is 1. The Kier molecular flexibility index (Phi) is 5.80. The third-order valence-corrected chi connectivity index (χ3v) is 6.18. The number of amides is 1. The van der Waals surface area contributed by atoms with Gasteiger partial charge in [0.05, 0.1) is 6.54 Å². The number of hydrogen-bond acceptors (Lipinski definition) is 5. The monoisotopic (exact) mass is 359 g/mol. The van der Waals surface area contributed by atoms with Gasteiger partial charge in [0.15, 0.2) is 0 Å². The Morgan fingerprint density at radius 3 is 2.77 bits per heavy atom. The molecule has 2 fully saturated rings. The van der Waals surface area contributed by atoms with Crippen molar-refractivity contribution in [3.63, 3.8) is 0 Å². The van der Waals surface area contributed by atoms with Gasteiger partial charge in [-0.25, -0.2) is 9.97 Å². The molecule has 2 aliphatic rings. The van der Waals surface area contributed by atoms with Crippen LogP contribution in [0.4, 0.5) is 5.82 Å². The molecule has 2 N–H and O–H groups in total. The summed E-state index contributed by atoms with van der Waals surface area (Å²) in [4.78, 5) is 25.6. The lowest BCUT2D eigenvalue weighted by molar-refractivity contribution is -0.131. The number of hydrogen-bond donors (Lipinski definition) is 1. The van der Waals surface area contributed by atoms with Crippen LogP contribution in [-0.4, -0.2) is 51.9 Å². The van der Waals surface area contributed by atoms with E-state index in [0.717, 1.165) is 31.8 Å². The molecule has 1 aromatic heterocycles. The van der Waals surface area contributed by atoms with Gasteiger partial charge in [-0.1, -0.05) is 13.8 Å². The molecule has 1 amide bonds. The van der Waals surface area contributed by atoms with Gasteiger partial charge < -0.3 is 10.6 Å². The van der Waals surface area contributed by atoms with E-state index in [1.165, 1.54) is 25.7 Å². The molecule has 0 bridgehead atoms. The van der Waals surface area contributed by atoms with Gasteiger partial charge in [0.1, 0.15) is 11.6 Å². The fraction of sp³-hybridized carbons (Fsp3) is 0.750. The normalized spacial score (nSPS) is 23.5. The summed E-state index contributed by atoms with van der Waals surface area (Å²) < 4.78 is 0. The molecule has 6 nitrogen and oxygen atoms in total. The number of rotatable bonds is 5. The minimum atomic E-state index is 0.339. The molecule has 1 aliphatic carbocycles. The van der Waals surface area contributed by atoms with Crippen LogP contribution in [-0.2, 0) is 11.3 Å². The lowest BCUT2D eigenvalue weighted by Gasteiger charge is -2.34. The summed E-state index contributed by atoms with van der Waals surface area (Å²) in [6.07, 6.45) is 8.33. The Bertz CT molecular complexity index is 622. The van der Waals surface area contributed by atoms with Crippen LogP contribution >= 0.6 is 0 Å². The van der Waals surface area contributed by atoms with E-state index in [1.54, 1.807) is 12.3 Å². The van der Waals surface area contributed by atoms with Gasteiger partial charge in [0.2, 0.25) is 5.91 Å². The van der Waals surface area contributed by atoms with Gasteiger partial charge in [0, 0.05) is 31.7 Å². The number of nitrogens with zero attached hydrogens (tertiary/aromatic N) is 4. The van der Waals surface area contributed by atoms with Crippen molar-refractivity contribution in [2.75, 3.05) is 25.9 Å². The maximum Gasteiger partial charge on any atom is 0.222 e. The van der Waals surface area contributed by atoms with E-state index in [9.17, 15) is 4.79 Å². The maximum atomic E-state index is 12.7. The molecule has 0 aromatic carbocycles. The zero-order chi connectivity index (χ0) is 18.7. The number of carbonyl (C=O) groups is 1. The first kappa shape index (κ1) is 19.1. The largest absolute Gasteiger partial charge is 0.384 e. The van der Waals surface area contributed by atoms with Crippen LogP contribution in [0.3, 0.4) is 0 Å². The summed E-state index contributed by atoms with van der Waals surface area (Å²) >= 11 is 0. The van der Waals surface area contributed by atoms with E-state index in [2.05, 4.69) is 40.7 Å². The van der Waals surface area contributed by atoms with Crippen LogP contribution in [0, 0.1) is 11.3 Å². The number of likely N-dealkylation sites (tertiary alicyclic amines) is 1. The minimum absolute atomic E-state index is 0.339. The van der Waals surface area contributed by atoms with E-state index in [0.29, 0.717) is 35.6 Å². The molecule has 1 saturated carbocycles. The van der Waals surface area contributed by atoms with Gasteiger partial charge in [-0.05, 0) is 56.6 Å². The average molecular weight is 360 g/mol. The number of nitrogens with two attached hydrogens (primary N) is 1. The molecule has 1 aliphatic heterocycles. The van der Waals surface area contributed by atoms with Crippen molar-refractivity contribution in [2.45, 2.75) is 65.0 Å². The van der Waals surface area contributed by atoms with Gasteiger partial charge >= 0.3 is 0 Å². The number of anilines is 1. The summed E-state index contributed by atoms with van der Waals surface area (Å²) in [6.45, 7) is 7.03. The van der Waals surface area contributed by atoms with Crippen LogP contribution in [0.2, 0.25) is 0 Å². The molecule has 1 saturated heterocycles. The van der Waals surface area contributed by atoms with Crippen LogP contribution in [0.25, 0.3) is 0 Å². The second-order valence-corrected chi connectivity index (χ2v) is 8.91. The molecule has 0 radical (unpaired) electrons. The molecule has 144 valence electrons. The van der Waals surface area contributed by atoms with E-state index >= 15 is 0 Å². The van der Waals surface area contributed by atoms with Crippen molar-refractivity contribution in [3.05, 3.63) is 18.1 Å². The van der Waals surface area contributed by atoms with Crippen molar-refractivity contribution < 1.29 is 4.79 Å². The number of aromatic nitrogens is 2. The van der Waals surface area contributed by atoms with Crippen LogP contribution in [0.5, 0.6) is 0 Å². The van der Waals surface area contributed by atoms with Gasteiger partial charge in [-0.15, -0.1) is 0 Å². The molecule has 1 atom stereocenters. The van der Waals surface area contributed by atoms with Gasteiger partial charge in [-0.3, -0.25) is 9.69 Å². The zero-order valence-electron chi connectivity index (χ0n) is 16.4. The SMILES string of the molecule is CN(Cc1nccc(N)n1)[C@@H]1CCN(C(=O)CC2CCC(C)(C)CC2)C1. The lowest BCUT2D eigenvalue weighted by Crippen LogP contribution is -2.37. The van der Waals surface area contributed by atoms with Crippen molar-refractivity contribution in [1.82, 2.24) is 19.8 Å². The molecule has 2 heterocycles. The summed E-state index contributed by atoms with van der Waals surface area (Å²) in [6, 6.07) is 2.07. The predicted molar refractivity (Wildman–Crippen MR) is 103 cm³/mol. The van der Waals surface area contributed by atoms with Crippen molar-refractivity contribution >= 4 is 11.7 Å². The summed E-state index contributed by atoms with van der Waals surface area (Å²) in [5.41, 5.74) is 6.19. The first-order chi connectivity index (χ1) is 12.3. The molecule has 1 aromatic rings. The fourth-order valence-electron chi connectivity index (χ4n) is 4.21. The second-order valence-electron chi connectivity index (χ2n) is 8.91. The number of nitrogen functional groups attached to an aromatic ring is 1. The Labute approximate surface area is 157 Å². The van der Waals surface area contributed by atoms with Crippen LogP contribution in [0.1, 0.15) is 58.2 Å². The first-order valence-corrected chi connectivity index (χ1v) is 9.88. The standard InChI is InChI=1S/C20H33N5O/c1-20(2)8-4-15(5-9-20)12-19(26)25-11-7-16(13-25)24(3)14-18-22-10-6-17(21)23-18/h6,10,15-16H,4-5,7-9,11-14H2,1-3H3,(H2,21,22,23)/t16-/m1/s1. The minimum Gasteiger partial charge on any atom is -0.384 e. The van der Waals surface area contributed by atoms with Crippen LogP contribution in [0.15, 0.2) is 12.3 Å². The third kappa shape index (κ3) is 4.93. The highest BCUT2D eigenvalue weighted by atomic mass is 16.2. The number of likely N-dealkylation sites (N-methyl/N-ethyl adjacent to an activating group) is 1. The second kappa shape index (κ2) is 7.91. The Morgan fingerprint density at radius 1 is 1.35 bits per heavy atom. The van der Waals surface area contributed by atoms with E-state index < -0.39 is 0 Å². The smallest absolute Gasteiger partial charge is 0.222 e. The topological polar surface area (TPSA) is 75.4 Å². The van der Waals surface area contributed by atoms with E-state index in [4.69, 9.17) is 5.73 Å².